The Kier molecular flexibility index (Phi) is 5.20. The molecule has 0 aromatic carbocycles. The van der Waals surface area contributed by atoms with Crippen LogP contribution in [0.25, 0.3) is 0 Å². The van der Waals surface area contributed by atoms with Gasteiger partial charge >= 0.3 is 0 Å². The average Bonchev–Trinajstić information content (AvgIpc) is 2.93. The summed E-state index contributed by atoms with van der Waals surface area (Å²) < 4.78 is 0. The Morgan fingerprint density at radius 3 is 2.84 bits per heavy atom. The smallest absolute Gasteiger partial charge is 0.129 e. The monoisotopic (exact) mass is 261 g/mol. The van der Waals surface area contributed by atoms with Crippen LogP contribution >= 0.6 is 0 Å². The molecule has 3 nitrogen and oxygen atoms in total. The third-order valence-electron chi connectivity index (χ3n) is 4.01. The third kappa shape index (κ3) is 3.47. The van der Waals surface area contributed by atoms with E-state index in [1.54, 1.807) is 0 Å². The van der Waals surface area contributed by atoms with Gasteiger partial charge in [-0.1, -0.05) is 20.8 Å². The van der Waals surface area contributed by atoms with E-state index in [2.05, 4.69) is 43.1 Å². The van der Waals surface area contributed by atoms with Gasteiger partial charge in [0, 0.05) is 24.8 Å². The summed E-state index contributed by atoms with van der Waals surface area (Å²) in [6.07, 6.45) is 4.86. The fourth-order valence-electron chi connectivity index (χ4n) is 2.89. The largest absolute Gasteiger partial charge is 0.354 e. The lowest BCUT2D eigenvalue weighted by Gasteiger charge is -2.25. The van der Waals surface area contributed by atoms with Gasteiger partial charge in [0.1, 0.15) is 5.82 Å². The fraction of sp³-hybridized carbons (Fsp3) is 0.688. The van der Waals surface area contributed by atoms with Gasteiger partial charge in [0.2, 0.25) is 0 Å². The van der Waals surface area contributed by atoms with Crippen molar-refractivity contribution < 1.29 is 0 Å². The lowest BCUT2D eigenvalue weighted by molar-refractivity contribution is 0.638. The molecule has 1 aliphatic rings. The maximum atomic E-state index is 4.84. The Morgan fingerprint density at radius 2 is 2.16 bits per heavy atom. The van der Waals surface area contributed by atoms with Crippen molar-refractivity contribution in [2.75, 3.05) is 18.0 Å². The first kappa shape index (κ1) is 14.3. The zero-order valence-corrected chi connectivity index (χ0v) is 12.6. The van der Waals surface area contributed by atoms with E-state index in [4.69, 9.17) is 4.98 Å². The molecule has 1 aromatic rings. The first-order chi connectivity index (χ1) is 9.28. The summed E-state index contributed by atoms with van der Waals surface area (Å²) in [5.41, 5.74) is 2.58. The molecule has 106 valence electrons. The van der Waals surface area contributed by atoms with Crippen LogP contribution < -0.4 is 10.2 Å². The van der Waals surface area contributed by atoms with E-state index in [0.29, 0.717) is 6.04 Å². The van der Waals surface area contributed by atoms with Crippen LogP contribution in [0.3, 0.4) is 0 Å². The van der Waals surface area contributed by atoms with Crippen LogP contribution in [-0.4, -0.2) is 24.1 Å². The van der Waals surface area contributed by atoms with Crippen LogP contribution in [0.1, 0.15) is 51.3 Å². The van der Waals surface area contributed by atoms with Crippen molar-refractivity contribution in [3.05, 3.63) is 23.4 Å². The lowest BCUT2D eigenvalue weighted by atomic mass is 10.1. The van der Waals surface area contributed by atoms with Crippen LogP contribution in [0.4, 0.5) is 5.82 Å². The molecule has 1 aliphatic heterocycles. The number of hydrogen-bond acceptors (Lipinski definition) is 3. The van der Waals surface area contributed by atoms with Crippen molar-refractivity contribution in [1.29, 1.82) is 0 Å². The van der Waals surface area contributed by atoms with Gasteiger partial charge in [0.15, 0.2) is 0 Å². The normalized spacial score (nSPS) is 19.1. The molecule has 0 radical (unpaired) electrons. The van der Waals surface area contributed by atoms with Crippen molar-refractivity contribution in [3.8, 4) is 0 Å². The minimum atomic E-state index is 0.687. The number of hydrogen-bond donors (Lipinski definition) is 1. The number of nitrogens with one attached hydrogen (secondary N) is 1. The minimum absolute atomic E-state index is 0.687. The standard InChI is InChI=1S/C16H27N3/c1-4-14-10-13(12-17-6-3)11-16(18-14)19-9-7-8-15(19)5-2/h10-11,15,17H,4-9,12H2,1-3H3. The average molecular weight is 261 g/mol. The summed E-state index contributed by atoms with van der Waals surface area (Å²) >= 11 is 0. The SMILES string of the molecule is CCNCc1cc(CC)nc(N2CCCC2CC)c1. The lowest BCUT2D eigenvalue weighted by Crippen LogP contribution is -2.29. The number of rotatable bonds is 6. The predicted molar refractivity (Wildman–Crippen MR) is 81.7 cm³/mol. The molecule has 19 heavy (non-hydrogen) atoms. The molecule has 0 amide bonds. The minimum Gasteiger partial charge on any atom is -0.354 e. The van der Waals surface area contributed by atoms with Gasteiger partial charge in [-0.3, -0.25) is 0 Å². The van der Waals surface area contributed by atoms with Crippen LogP contribution in [0, 0.1) is 0 Å². The second-order valence-corrected chi connectivity index (χ2v) is 5.36. The molecular formula is C16H27N3. The van der Waals surface area contributed by atoms with Gasteiger partial charge in [-0.25, -0.2) is 4.98 Å². The molecule has 1 atom stereocenters. The molecule has 0 bridgehead atoms. The maximum absolute atomic E-state index is 4.84. The molecule has 1 saturated heterocycles. The first-order valence-electron chi connectivity index (χ1n) is 7.75. The summed E-state index contributed by atoms with van der Waals surface area (Å²) in [6.45, 7) is 9.75. The Morgan fingerprint density at radius 1 is 1.32 bits per heavy atom. The molecule has 2 rings (SSSR count). The molecule has 1 unspecified atom stereocenters. The number of nitrogens with zero attached hydrogens (tertiary/aromatic N) is 2. The topological polar surface area (TPSA) is 28.2 Å². The van der Waals surface area contributed by atoms with Crippen LogP contribution in [0.5, 0.6) is 0 Å². The van der Waals surface area contributed by atoms with Gasteiger partial charge in [-0.2, -0.15) is 0 Å². The van der Waals surface area contributed by atoms with Crippen LogP contribution in [0.2, 0.25) is 0 Å². The van der Waals surface area contributed by atoms with E-state index >= 15 is 0 Å². The molecule has 0 spiro atoms. The van der Waals surface area contributed by atoms with Crippen molar-refractivity contribution in [2.45, 2.75) is 59.0 Å². The van der Waals surface area contributed by atoms with E-state index in [9.17, 15) is 0 Å². The van der Waals surface area contributed by atoms with Gasteiger partial charge < -0.3 is 10.2 Å². The molecule has 0 aliphatic carbocycles. The summed E-state index contributed by atoms with van der Waals surface area (Å²) in [4.78, 5) is 7.35. The highest BCUT2D eigenvalue weighted by Gasteiger charge is 2.24. The van der Waals surface area contributed by atoms with E-state index in [1.807, 2.05) is 0 Å². The van der Waals surface area contributed by atoms with Crippen molar-refractivity contribution in [3.63, 3.8) is 0 Å². The van der Waals surface area contributed by atoms with E-state index < -0.39 is 0 Å². The second kappa shape index (κ2) is 6.90. The van der Waals surface area contributed by atoms with E-state index in [-0.39, 0.29) is 0 Å². The zero-order chi connectivity index (χ0) is 13.7. The highest BCUT2D eigenvalue weighted by Crippen LogP contribution is 2.27. The van der Waals surface area contributed by atoms with Gasteiger partial charge in [0.25, 0.3) is 0 Å². The molecule has 3 heteroatoms. The van der Waals surface area contributed by atoms with Crippen molar-refractivity contribution in [1.82, 2.24) is 10.3 Å². The Bertz CT molecular complexity index is 403. The summed E-state index contributed by atoms with van der Waals surface area (Å²) in [7, 11) is 0. The predicted octanol–water partition coefficient (Wildman–Crippen LogP) is 3.13. The molecule has 1 aromatic heterocycles. The van der Waals surface area contributed by atoms with Crippen molar-refractivity contribution >= 4 is 5.82 Å². The number of aromatic nitrogens is 1. The Labute approximate surface area is 117 Å². The Hall–Kier alpha value is -1.09. The van der Waals surface area contributed by atoms with Crippen molar-refractivity contribution in [2.24, 2.45) is 0 Å². The van der Waals surface area contributed by atoms with Gasteiger partial charge in [-0.05, 0) is 49.9 Å². The summed E-state index contributed by atoms with van der Waals surface area (Å²) in [5.74, 6) is 1.19. The summed E-state index contributed by atoms with van der Waals surface area (Å²) in [5, 5.41) is 3.41. The van der Waals surface area contributed by atoms with Crippen LogP contribution in [-0.2, 0) is 13.0 Å². The number of pyridine rings is 1. The zero-order valence-electron chi connectivity index (χ0n) is 12.6. The molecule has 2 heterocycles. The number of anilines is 1. The van der Waals surface area contributed by atoms with Crippen LogP contribution in [0.15, 0.2) is 12.1 Å². The second-order valence-electron chi connectivity index (χ2n) is 5.36. The number of aryl methyl sites for hydroxylation is 1. The van der Waals surface area contributed by atoms with E-state index in [1.165, 1.54) is 42.9 Å². The molecular weight excluding hydrogens is 234 g/mol. The van der Waals surface area contributed by atoms with Gasteiger partial charge in [-0.15, -0.1) is 0 Å². The quantitative estimate of drug-likeness (QED) is 0.852. The third-order valence-corrected chi connectivity index (χ3v) is 4.01. The highest BCUT2D eigenvalue weighted by molar-refractivity contribution is 5.45. The maximum Gasteiger partial charge on any atom is 0.129 e. The van der Waals surface area contributed by atoms with Gasteiger partial charge in [0.05, 0.1) is 0 Å². The molecule has 1 N–H and O–H groups in total. The fourth-order valence-corrected chi connectivity index (χ4v) is 2.89. The molecule has 1 fully saturated rings. The molecule has 0 saturated carbocycles. The van der Waals surface area contributed by atoms with E-state index in [0.717, 1.165) is 19.5 Å². The summed E-state index contributed by atoms with van der Waals surface area (Å²) in [6, 6.07) is 5.20. The highest BCUT2D eigenvalue weighted by atomic mass is 15.2. The Balaban J connectivity index is 2.23. The first-order valence-corrected chi connectivity index (χ1v) is 7.75.